The maximum Gasteiger partial charge on any atom is 0.494 e. The van der Waals surface area contributed by atoms with E-state index in [-0.39, 0.29) is 11.8 Å². The second-order valence-electron chi connectivity index (χ2n) is 15.6. The lowest BCUT2D eigenvalue weighted by Gasteiger charge is -2.45. The van der Waals surface area contributed by atoms with Gasteiger partial charge in [-0.15, -0.1) is 0 Å². The standard InChI is InChI=1S/C41H50BN5O13/c1-45-14-16-47(17-15-45)19-30(50)46(2)25-11-9-24(10-12-25)43-32(22-6-4-3-5-7-22)31-26-13-8-23(18-27(26)44-39(31)54)42-59-37-33(51)28(20-48)57-41(38(37)60-42)58-36-29(21-49)56-40(55)35(53)34(36)52/h3-13,18,28-29,33-38,40-41,44,48-49,51-55H,14-17,19-21H2,1-2H3/t28-,29-,33-,34-,35-,36-,37+,38-,40-,41-/m1/s1. The first kappa shape index (κ1) is 42.4. The Bertz CT molecular complexity index is 2140. The molecule has 4 aliphatic heterocycles. The van der Waals surface area contributed by atoms with Gasteiger partial charge in [0.25, 0.3) is 0 Å². The Kier molecular flexibility index (Phi) is 12.7. The van der Waals surface area contributed by atoms with Crippen molar-refractivity contribution < 1.29 is 64.1 Å². The maximum absolute atomic E-state index is 13.1. The third-order valence-corrected chi connectivity index (χ3v) is 11.7. The number of aromatic hydroxyl groups is 1. The van der Waals surface area contributed by atoms with E-state index in [0.29, 0.717) is 39.9 Å². The topological polar surface area (TPSA) is 243 Å². The van der Waals surface area contributed by atoms with E-state index < -0.39 is 81.7 Å². The van der Waals surface area contributed by atoms with Crippen molar-refractivity contribution in [3.63, 3.8) is 0 Å². The Balaban J connectivity index is 1.04. The van der Waals surface area contributed by atoms with Crippen LogP contribution in [-0.4, -0.2) is 191 Å². The molecule has 10 atom stereocenters. The summed E-state index contributed by atoms with van der Waals surface area (Å²) in [6, 6.07) is 22.0. The zero-order valence-corrected chi connectivity index (χ0v) is 33.1. The van der Waals surface area contributed by atoms with Crippen LogP contribution in [0.4, 0.5) is 11.4 Å². The molecule has 4 aromatic rings. The number of benzene rings is 3. The van der Waals surface area contributed by atoms with E-state index in [2.05, 4.69) is 21.8 Å². The second kappa shape index (κ2) is 18.0. The molecule has 4 aliphatic rings. The highest BCUT2D eigenvalue weighted by Crippen LogP contribution is 2.36. The molecular formula is C41H50BN5O13. The number of aliphatic hydroxyl groups excluding tert-OH is 6. The Morgan fingerprint density at radius 2 is 1.58 bits per heavy atom. The van der Waals surface area contributed by atoms with E-state index >= 15 is 0 Å². The molecule has 0 saturated carbocycles. The number of nitrogens with one attached hydrogen (secondary N) is 1. The van der Waals surface area contributed by atoms with Gasteiger partial charge in [-0.05, 0) is 42.8 Å². The monoisotopic (exact) mass is 831 g/mol. The Hall–Kier alpha value is -4.32. The number of carbonyl (C=O) groups excluding carboxylic acids is 1. The summed E-state index contributed by atoms with van der Waals surface area (Å²) in [5.74, 6) is -0.143. The second-order valence-corrected chi connectivity index (χ2v) is 15.6. The number of aliphatic imine (C=N–C) groups is 1. The van der Waals surface area contributed by atoms with Crippen molar-refractivity contribution in [1.82, 2.24) is 14.8 Å². The van der Waals surface area contributed by atoms with Crippen molar-refractivity contribution in [2.75, 3.05) is 64.9 Å². The maximum atomic E-state index is 13.1. The summed E-state index contributed by atoms with van der Waals surface area (Å²) < 4.78 is 29.5. The quantitative estimate of drug-likeness (QED) is 0.0643. The van der Waals surface area contributed by atoms with Crippen LogP contribution >= 0.6 is 0 Å². The molecule has 4 fully saturated rings. The highest BCUT2D eigenvalue weighted by molar-refractivity contribution is 6.62. The van der Waals surface area contributed by atoms with Gasteiger partial charge in [-0.1, -0.05) is 42.5 Å². The third kappa shape index (κ3) is 8.46. The summed E-state index contributed by atoms with van der Waals surface area (Å²) in [6.45, 7) is 2.58. The number of rotatable bonds is 11. The summed E-state index contributed by atoms with van der Waals surface area (Å²) in [4.78, 5) is 27.2. The van der Waals surface area contributed by atoms with Crippen LogP contribution < -0.4 is 10.4 Å². The number of aromatic nitrogens is 1. The number of piperazine rings is 1. The van der Waals surface area contributed by atoms with Crippen LogP contribution in [-0.2, 0) is 28.3 Å². The van der Waals surface area contributed by atoms with Gasteiger partial charge in [-0.25, -0.2) is 4.99 Å². The molecule has 3 aromatic carbocycles. The van der Waals surface area contributed by atoms with Crippen LogP contribution in [0, 0.1) is 0 Å². The molecule has 0 radical (unpaired) electrons. The van der Waals surface area contributed by atoms with Gasteiger partial charge in [0.1, 0.15) is 48.8 Å². The summed E-state index contributed by atoms with van der Waals surface area (Å²) in [5, 5.41) is 74.0. The van der Waals surface area contributed by atoms with Crippen molar-refractivity contribution in [3.8, 4) is 5.88 Å². The molecule has 0 spiro atoms. The molecule has 18 nitrogen and oxygen atoms in total. The lowest BCUT2D eigenvalue weighted by atomic mass is 9.79. The van der Waals surface area contributed by atoms with Gasteiger partial charge in [-0.3, -0.25) is 9.69 Å². The van der Waals surface area contributed by atoms with Gasteiger partial charge in [0.2, 0.25) is 5.91 Å². The summed E-state index contributed by atoms with van der Waals surface area (Å²) in [5.41, 5.74) is 4.00. The number of hydrogen-bond acceptors (Lipinski definition) is 16. The van der Waals surface area contributed by atoms with Crippen molar-refractivity contribution in [2.24, 2.45) is 4.99 Å². The van der Waals surface area contributed by atoms with E-state index in [0.717, 1.165) is 37.4 Å². The molecule has 1 aromatic heterocycles. The van der Waals surface area contributed by atoms with Crippen LogP contribution in [0.1, 0.15) is 11.1 Å². The third-order valence-electron chi connectivity index (χ3n) is 11.7. The van der Waals surface area contributed by atoms with Crippen LogP contribution in [0.5, 0.6) is 5.88 Å². The number of hydrogen-bond donors (Lipinski definition) is 8. The molecule has 60 heavy (non-hydrogen) atoms. The molecule has 4 saturated heterocycles. The predicted octanol–water partition coefficient (Wildman–Crippen LogP) is -1.37. The van der Waals surface area contributed by atoms with Crippen LogP contribution in [0.25, 0.3) is 10.9 Å². The van der Waals surface area contributed by atoms with Gasteiger partial charge in [0, 0.05) is 55.4 Å². The van der Waals surface area contributed by atoms with Gasteiger partial charge >= 0.3 is 7.12 Å². The fourth-order valence-electron chi connectivity index (χ4n) is 8.09. The average molecular weight is 832 g/mol. The first-order chi connectivity index (χ1) is 28.9. The number of H-pyrrole nitrogens is 1. The highest BCUT2D eigenvalue weighted by Gasteiger charge is 2.56. The molecule has 8 N–H and O–H groups in total. The van der Waals surface area contributed by atoms with Crippen molar-refractivity contribution in [2.45, 2.75) is 61.4 Å². The zero-order valence-electron chi connectivity index (χ0n) is 33.1. The number of likely N-dealkylation sites (N-methyl/N-ethyl adjacent to an activating group) is 2. The van der Waals surface area contributed by atoms with Gasteiger partial charge in [0.15, 0.2) is 18.5 Å². The van der Waals surface area contributed by atoms with Crippen molar-refractivity contribution in [3.05, 3.63) is 83.9 Å². The van der Waals surface area contributed by atoms with Gasteiger partial charge < -0.3 is 74.0 Å². The smallest absolute Gasteiger partial charge is 0.494 e. The minimum Gasteiger partial charge on any atom is -0.494 e. The number of ether oxygens (including phenoxy) is 3. The van der Waals surface area contributed by atoms with Crippen molar-refractivity contribution in [1.29, 1.82) is 0 Å². The number of aromatic amines is 1. The molecule has 1 amide bonds. The van der Waals surface area contributed by atoms with Crippen LogP contribution in [0.15, 0.2) is 77.8 Å². The number of fused-ring (bicyclic) bond motifs is 2. The van der Waals surface area contributed by atoms with Gasteiger partial charge in [-0.2, -0.15) is 0 Å². The summed E-state index contributed by atoms with van der Waals surface area (Å²) in [7, 11) is 2.74. The van der Waals surface area contributed by atoms with Crippen LogP contribution in [0.3, 0.4) is 0 Å². The Morgan fingerprint density at radius 1 is 0.883 bits per heavy atom. The zero-order chi connectivity index (χ0) is 42.2. The van der Waals surface area contributed by atoms with Crippen LogP contribution in [0.2, 0.25) is 0 Å². The van der Waals surface area contributed by atoms with Crippen molar-refractivity contribution >= 4 is 46.5 Å². The molecule has 0 bridgehead atoms. The average Bonchev–Trinajstić information content (AvgIpc) is 3.86. The Morgan fingerprint density at radius 3 is 2.28 bits per heavy atom. The number of aliphatic hydroxyl groups is 6. The number of anilines is 1. The van der Waals surface area contributed by atoms with Gasteiger partial charge in [0.05, 0.1) is 36.7 Å². The number of amides is 1. The molecule has 320 valence electrons. The fourth-order valence-corrected chi connectivity index (χ4v) is 8.09. The Labute approximate surface area is 345 Å². The minimum atomic E-state index is -1.77. The number of carbonyl (C=O) groups is 1. The normalized spacial score (nSPS) is 30.5. The molecule has 0 unspecified atom stereocenters. The highest BCUT2D eigenvalue weighted by atomic mass is 16.8. The lowest BCUT2D eigenvalue weighted by Crippen LogP contribution is -2.63. The minimum absolute atomic E-state index is 0.00381. The SMILES string of the molecule is CN1CCN(CC(=O)N(C)c2ccc(N=C(c3ccccc3)c3c(O)[nH]c4cc(B5O[C@H]6[C@@H](O[C@H]7[C@H](O)[C@@H](O)[C@H](O)O[C@@H]7CO)O[C@H](CO)[C@@H](O)[C@@H]6O5)ccc34)cc2)CC1. The van der Waals surface area contributed by atoms with E-state index in [9.17, 15) is 40.5 Å². The van der Waals surface area contributed by atoms with E-state index in [4.69, 9.17) is 28.5 Å². The summed E-state index contributed by atoms with van der Waals surface area (Å²) in [6.07, 6.45) is -14.0. The first-order valence-electron chi connectivity index (χ1n) is 19.9. The predicted molar refractivity (Wildman–Crippen MR) is 217 cm³/mol. The fraction of sp³-hybridized carbons (Fsp3) is 0.463. The first-order valence-corrected chi connectivity index (χ1v) is 19.9. The van der Waals surface area contributed by atoms with E-state index in [1.54, 1.807) is 30.1 Å². The van der Waals surface area contributed by atoms with E-state index in [1.165, 1.54) is 0 Å². The molecule has 19 heteroatoms. The number of nitrogens with zero attached hydrogens (tertiary/aromatic N) is 4. The summed E-state index contributed by atoms with van der Waals surface area (Å²) >= 11 is 0. The lowest BCUT2D eigenvalue weighted by molar-refractivity contribution is -0.345. The molecule has 8 rings (SSSR count). The van der Waals surface area contributed by atoms with E-state index in [1.807, 2.05) is 54.6 Å². The molecule has 0 aliphatic carbocycles. The molecule has 5 heterocycles. The largest absolute Gasteiger partial charge is 0.494 e. The molecular weight excluding hydrogens is 781 g/mol.